The first-order valence-electron chi connectivity index (χ1n) is 9.09. The highest BCUT2D eigenvalue weighted by molar-refractivity contribution is 7.99. The van der Waals surface area contributed by atoms with Crippen LogP contribution in [-0.4, -0.2) is 29.9 Å². The SMILES string of the molecule is COc1cc(OC)nc(C(Sc2ccc(NN=C(C#N)C#N)cc2)c2ccccc2)n1. The van der Waals surface area contributed by atoms with Crippen LogP contribution in [0.5, 0.6) is 11.8 Å². The molecule has 3 rings (SSSR count). The van der Waals surface area contributed by atoms with Crippen molar-refractivity contribution in [1.29, 1.82) is 10.5 Å². The van der Waals surface area contributed by atoms with Crippen LogP contribution in [0.2, 0.25) is 0 Å². The van der Waals surface area contributed by atoms with Gasteiger partial charge >= 0.3 is 0 Å². The van der Waals surface area contributed by atoms with E-state index in [4.69, 9.17) is 20.0 Å². The van der Waals surface area contributed by atoms with Gasteiger partial charge in [0.25, 0.3) is 0 Å². The highest BCUT2D eigenvalue weighted by Crippen LogP contribution is 2.40. The van der Waals surface area contributed by atoms with E-state index in [1.165, 1.54) is 0 Å². The van der Waals surface area contributed by atoms with Gasteiger partial charge in [0.15, 0.2) is 5.82 Å². The van der Waals surface area contributed by atoms with Crippen LogP contribution in [0.1, 0.15) is 16.6 Å². The summed E-state index contributed by atoms with van der Waals surface area (Å²) in [4.78, 5) is 10.0. The molecule has 0 bridgehead atoms. The van der Waals surface area contributed by atoms with Crippen LogP contribution in [-0.2, 0) is 0 Å². The number of rotatable bonds is 8. The Morgan fingerprint density at radius 2 is 1.58 bits per heavy atom. The molecular formula is C22H18N6O2S. The molecule has 0 saturated heterocycles. The van der Waals surface area contributed by atoms with Crippen molar-refractivity contribution in [3.8, 4) is 23.9 Å². The molecule has 0 aliphatic rings. The summed E-state index contributed by atoms with van der Waals surface area (Å²) in [5.74, 6) is 1.41. The third kappa shape index (κ3) is 5.72. The van der Waals surface area contributed by atoms with E-state index in [-0.39, 0.29) is 11.0 Å². The molecule has 8 nitrogen and oxygen atoms in total. The number of nitrogens with zero attached hydrogens (tertiary/aromatic N) is 5. The minimum atomic E-state index is -0.244. The minimum absolute atomic E-state index is 0.203. The highest BCUT2D eigenvalue weighted by atomic mass is 32.2. The molecule has 9 heteroatoms. The van der Waals surface area contributed by atoms with Crippen LogP contribution < -0.4 is 14.9 Å². The molecule has 0 amide bonds. The van der Waals surface area contributed by atoms with Gasteiger partial charge in [0.05, 0.1) is 31.2 Å². The first-order chi connectivity index (χ1) is 15.2. The van der Waals surface area contributed by atoms with Crippen molar-refractivity contribution in [2.24, 2.45) is 5.10 Å². The molecule has 1 unspecified atom stereocenters. The van der Waals surface area contributed by atoms with E-state index in [1.807, 2.05) is 54.6 Å². The molecule has 3 aromatic rings. The number of anilines is 1. The quantitative estimate of drug-likeness (QED) is 0.321. The number of hydrazone groups is 1. The number of nitriles is 2. The van der Waals surface area contributed by atoms with Gasteiger partial charge in [-0.05, 0) is 29.8 Å². The monoisotopic (exact) mass is 430 g/mol. The molecule has 0 spiro atoms. The number of aromatic nitrogens is 2. The molecule has 1 heterocycles. The van der Waals surface area contributed by atoms with Gasteiger partial charge in [-0.2, -0.15) is 25.6 Å². The van der Waals surface area contributed by atoms with Crippen molar-refractivity contribution in [3.63, 3.8) is 0 Å². The Morgan fingerprint density at radius 1 is 0.968 bits per heavy atom. The van der Waals surface area contributed by atoms with E-state index in [9.17, 15) is 0 Å². The van der Waals surface area contributed by atoms with Crippen LogP contribution >= 0.6 is 11.8 Å². The predicted octanol–water partition coefficient (Wildman–Crippen LogP) is 4.19. The fourth-order valence-corrected chi connectivity index (χ4v) is 3.65. The van der Waals surface area contributed by atoms with Crippen molar-refractivity contribution in [2.75, 3.05) is 19.6 Å². The summed E-state index contributed by atoms with van der Waals surface area (Å²) < 4.78 is 10.6. The van der Waals surface area contributed by atoms with Gasteiger partial charge in [0.1, 0.15) is 12.1 Å². The average Bonchev–Trinajstić information content (AvgIpc) is 2.84. The van der Waals surface area contributed by atoms with Crippen LogP contribution in [0.25, 0.3) is 0 Å². The summed E-state index contributed by atoms with van der Waals surface area (Å²) in [5.41, 5.74) is 4.14. The number of methoxy groups -OCH3 is 2. The lowest BCUT2D eigenvalue weighted by molar-refractivity contribution is 0.368. The smallest absolute Gasteiger partial charge is 0.237 e. The topological polar surface area (TPSA) is 116 Å². The highest BCUT2D eigenvalue weighted by Gasteiger charge is 2.21. The lowest BCUT2D eigenvalue weighted by Gasteiger charge is -2.17. The molecule has 0 aliphatic heterocycles. The van der Waals surface area contributed by atoms with E-state index < -0.39 is 0 Å². The third-order valence-corrected chi connectivity index (χ3v) is 5.33. The number of hydrogen-bond acceptors (Lipinski definition) is 9. The molecule has 0 saturated carbocycles. The predicted molar refractivity (Wildman–Crippen MR) is 118 cm³/mol. The third-order valence-electron chi connectivity index (χ3n) is 4.07. The van der Waals surface area contributed by atoms with E-state index in [0.29, 0.717) is 23.3 Å². The van der Waals surface area contributed by atoms with Crippen molar-refractivity contribution >= 4 is 23.2 Å². The Kier molecular flexibility index (Phi) is 7.41. The van der Waals surface area contributed by atoms with Crippen molar-refractivity contribution < 1.29 is 9.47 Å². The van der Waals surface area contributed by atoms with E-state index in [0.717, 1.165) is 10.5 Å². The zero-order chi connectivity index (χ0) is 22.1. The first-order valence-corrected chi connectivity index (χ1v) is 9.97. The van der Waals surface area contributed by atoms with E-state index in [2.05, 4.69) is 20.5 Å². The fraction of sp³-hybridized carbons (Fsp3) is 0.136. The molecule has 154 valence electrons. The molecule has 31 heavy (non-hydrogen) atoms. The summed E-state index contributed by atoms with van der Waals surface area (Å²) in [7, 11) is 3.10. The van der Waals surface area contributed by atoms with Crippen LogP contribution in [0.3, 0.4) is 0 Å². The summed E-state index contributed by atoms with van der Waals surface area (Å²) in [6, 6.07) is 22.4. The molecule has 1 atom stereocenters. The Balaban J connectivity index is 1.90. The Labute approximate surface area is 184 Å². The van der Waals surface area contributed by atoms with Crippen LogP contribution in [0.4, 0.5) is 5.69 Å². The Hall–Kier alpha value is -4.08. The average molecular weight is 430 g/mol. The molecule has 1 aromatic heterocycles. The molecule has 1 N–H and O–H groups in total. The van der Waals surface area contributed by atoms with E-state index >= 15 is 0 Å². The fourth-order valence-electron chi connectivity index (χ4n) is 2.58. The zero-order valence-corrected chi connectivity index (χ0v) is 17.6. The van der Waals surface area contributed by atoms with Gasteiger partial charge in [0.2, 0.25) is 17.5 Å². The normalized spacial score (nSPS) is 10.8. The van der Waals surface area contributed by atoms with Crippen LogP contribution in [0, 0.1) is 22.7 Å². The number of nitrogens with one attached hydrogen (secondary N) is 1. The van der Waals surface area contributed by atoms with Gasteiger partial charge in [0, 0.05) is 4.90 Å². The summed E-state index contributed by atoms with van der Waals surface area (Å²) in [6.07, 6.45) is 0. The van der Waals surface area contributed by atoms with Gasteiger partial charge in [-0.15, -0.1) is 11.8 Å². The molecule has 0 aliphatic carbocycles. The van der Waals surface area contributed by atoms with Crippen molar-refractivity contribution in [3.05, 3.63) is 72.1 Å². The standard InChI is InChI=1S/C22H18N6O2S/c1-29-19-12-20(30-2)26-22(25-19)21(15-6-4-3-5-7-15)31-18-10-8-16(9-11-18)27-28-17(13-23)14-24/h3-12,21,27H,1-2H3. The van der Waals surface area contributed by atoms with Gasteiger partial charge in [-0.3, -0.25) is 5.43 Å². The Bertz CT molecular complexity index is 1100. The summed E-state index contributed by atoms with van der Waals surface area (Å²) in [5, 5.41) is 21.1. The Morgan fingerprint density at radius 3 is 2.13 bits per heavy atom. The van der Waals surface area contributed by atoms with Crippen molar-refractivity contribution in [1.82, 2.24) is 9.97 Å². The molecule has 2 aromatic carbocycles. The maximum Gasteiger partial charge on any atom is 0.237 e. The lowest BCUT2D eigenvalue weighted by Crippen LogP contribution is -2.06. The van der Waals surface area contributed by atoms with Crippen molar-refractivity contribution in [2.45, 2.75) is 10.1 Å². The van der Waals surface area contributed by atoms with Gasteiger partial charge in [-0.1, -0.05) is 30.3 Å². The minimum Gasteiger partial charge on any atom is -0.481 e. The van der Waals surface area contributed by atoms with Crippen LogP contribution in [0.15, 0.2) is 70.7 Å². The maximum absolute atomic E-state index is 8.76. The molecular weight excluding hydrogens is 412 g/mol. The van der Waals surface area contributed by atoms with E-state index in [1.54, 1.807) is 44.2 Å². The number of hydrogen-bond donors (Lipinski definition) is 1. The van der Waals surface area contributed by atoms with Gasteiger partial charge in [-0.25, -0.2) is 0 Å². The lowest BCUT2D eigenvalue weighted by atomic mass is 10.1. The largest absolute Gasteiger partial charge is 0.481 e. The number of thioether (sulfide) groups is 1. The zero-order valence-electron chi connectivity index (χ0n) is 16.8. The number of ether oxygens (including phenoxy) is 2. The van der Waals surface area contributed by atoms with Gasteiger partial charge < -0.3 is 9.47 Å². The first kappa shape index (κ1) is 21.6. The second-order valence-corrected chi connectivity index (χ2v) is 7.22. The second-order valence-electron chi connectivity index (χ2n) is 6.04. The number of benzene rings is 2. The summed E-state index contributed by atoms with van der Waals surface area (Å²) >= 11 is 1.57. The summed E-state index contributed by atoms with van der Waals surface area (Å²) in [6.45, 7) is 0. The molecule has 0 radical (unpaired) electrons. The maximum atomic E-state index is 8.76. The molecule has 0 fully saturated rings. The second kappa shape index (κ2) is 10.6.